The normalized spacial score (nSPS) is 10.7. The highest BCUT2D eigenvalue weighted by atomic mass is 32.1. The molecule has 1 aromatic heterocycles. The molecule has 0 saturated carbocycles. The van der Waals surface area contributed by atoms with Gasteiger partial charge in [-0.15, -0.1) is 10.2 Å². The van der Waals surface area contributed by atoms with Gasteiger partial charge < -0.3 is 0 Å². The van der Waals surface area contributed by atoms with Gasteiger partial charge in [-0.25, -0.2) is 0 Å². The van der Waals surface area contributed by atoms with Crippen LogP contribution in [-0.2, 0) is 0 Å². The van der Waals surface area contributed by atoms with Gasteiger partial charge in [0.15, 0.2) is 0 Å². The minimum Gasteiger partial charge on any atom is -0.296 e. The highest BCUT2D eigenvalue weighted by molar-refractivity contribution is 7.16. The molecule has 0 fully saturated rings. The van der Waals surface area contributed by atoms with Crippen LogP contribution in [0.4, 0.5) is 10.8 Å². The first-order chi connectivity index (χ1) is 12.1. The number of non-ortho nitro benzene ring substituents is 1. The van der Waals surface area contributed by atoms with Gasteiger partial charge >= 0.3 is 0 Å². The maximum atomic E-state index is 12.2. The Morgan fingerprint density at radius 2 is 1.88 bits per heavy atom. The smallest absolute Gasteiger partial charge is 0.270 e. The number of nitro groups is 1. The van der Waals surface area contributed by atoms with E-state index in [1.165, 1.54) is 35.6 Å². The quantitative estimate of drug-likeness (QED) is 0.555. The molecule has 0 spiro atoms. The summed E-state index contributed by atoms with van der Waals surface area (Å²) >= 11 is 1.21. The maximum Gasteiger partial charge on any atom is 0.270 e. The van der Waals surface area contributed by atoms with Crippen LogP contribution in [-0.4, -0.2) is 21.0 Å². The highest BCUT2D eigenvalue weighted by Crippen LogP contribution is 2.20. The molecule has 1 amide bonds. The molecule has 0 aliphatic rings. The molecule has 25 heavy (non-hydrogen) atoms. The fourth-order valence-corrected chi connectivity index (χ4v) is 2.66. The third-order valence-corrected chi connectivity index (χ3v) is 4.00. The van der Waals surface area contributed by atoms with Crippen molar-refractivity contribution in [3.63, 3.8) is 0 Å². The Kier molecular flexibility index (Phi) is 4.91. The highest BCUT2D eigenvalue weighted by Gasteiger charge is 2.13. The Hall–Kier alpha value is -3.39. The lowest BCUT2D eigenvalue weighted by Crippen LogP contribution is -2.11. The van der Waals surface area contributed by atoms with Crippen LogP contribution < -0.4 is 5.32 Å². The van der Waals surface area contributed by atoms with E-state index in [2.05, 4.69) is 15.5 Å². The van der Waals surface area contributed by atoms with Gasteiger partial charge in [0.25, 0.3) is 11.6 Å². The average molecular weight is 352 g/mol. The molecule has 0 atom stereocenters. The molecular weight excluding hydrogens is 340 g/mol. The van der Waals surface area contributed by atoms with E-state index in [-0.39, 0.29) is 11.3 Å². The molecule has 0 radical (unpaired) electrons. The maximum absolute atomic E-state index is 12.2. The zero-order valence-corrected chi connectivity index (χ0v) is 13.6. The molecule has 3 aromatic rings. The van der Waals surface area contributed by atoms with Gasteiger partial charge in [0.1, 0.15) is 5.01 Å². The van der Waals surface area contributed by atoms with E-state index in [0.717, 1.165) is 5.56 Å². The van der Waals surface area contributed by atoms with Crippen LogP contribution in [0.5, 0.6) is 0 Å². The van der Waals surface area contributed by atoms with Gasteiger partial charge in [-0.1, -0.05) is 53.8 Å². The van der Waals surface area contributed by atoms with E-state index in [0.29, 0.717) is 10.1 Å². The molecule has 0 aliphatic heterocycles. The topological polar surface area (TPSA) is 98.0 Å². The van der Waals surface area contributed by atoms with Crippen LogP contribution in [0.15, 0.2) is 54.6 Å². The van der Waals surface area contributed by atoms with Crippen LogP contribution in [0, 0.1) is 10.1 Å². The summed E-state index contributed by atoms with van der Waals surface area (Å²) in [5.74, 6) is -0.474. The number of carbonyl (C=O) groups excluding carboxylic acids is 1. The SMILES string of the molecule is O=C(Nc1nnc(C=Cc2ccccc2)s1)c1cccc([N+](=O)[O-])c1. The van der Waals surface area contributed by atoms with Crippen LogP contribution >= 0.6 is 11.3 Å². The number of rotatable bonds is 5. The lowest BCUT2D eigenvalue weighted by molar-refractivity contribution is -0.384. The number of benzene rings is 2. The molecule has 0 saturated heterocycles. The summed E-state index contributed by atoms with van der Waals surface area (Å²) in [7, 11) is 0. The number of nitrogens with zero attached hydrogens (tertiary/aromatic N) is 3. The van der Waals surface area contributed by atoms with Gasteiger partial charge in [-0.05, 0) is 17.7 Å². The van der Waals surface area contributed by atoms with Gasteiger partial charge in [0, 0.05) is 17.7 Å². The number of amides is 1. The second-order valence-electron chi connectivity index (χ2n) is 4.95. The molecule has 8 heteroatoms. The van der Waals surface area contributed by atoms with Crippen molar-refractivity contribution in [2.45, 2.75) is 0 Å². The van der Waals surface area contributed by atoms with Gasteiger partial charge in [0.05, 0.1) is 4.92 Å². The van der Waals surface area contributed by atoms with E-state index in [4.69, 9.17) is 0 Å². The number of hydrogen-bond donors (Lipinski definition) is 1. The predicted octanol–water partition coefficient (Wildman–Crippen LogP) is 3.87. The van der Waals surface area contributed by atoms with Crippen LogP contribution in [0.2, 0.25) is 0 Å². The standard InChI is InChI=1S/C17H12N4O3S/c22-16(13-7-4-8-14(11-13)21(23)24)18-17-20-19-15(25-17)10-9-12-5-2-1-3-6-12/h1-11H,(H,18,20,22). The Bertz CT molecular complexity index is 938. The summed E-state index contributed by atoms with van der Waals surface area (Å²) in [6, 6.07) is 15.2. The Morgan fingerprint density at radius 3 is 2.64 bits per heavy atom. The minimum atomic E-state index is -0.547. The van der Waals surface area contributed by atoms with Crippen molar-refractivity contribution in [3.05, 3.63) is 80.8 Å². The van der Waals surface area contributed by atoms with E-state index >= 15 is 0 Å². The second kappa shape index (κ2) is 7.45. The number of anilines is 1. The number of hydrogen-bond acceptors (Lipinski definition) is 6. The largest absolute Gasteiger partial charge is 0.296 e. The number of aromatic nitrogens is 2. The predicted molar refractivity (Wildman–Crippen MR) is 96.3 cm³/mol. The molecule has 0 unspecified atom stereocenters. The van der Waals surface area contributed by atoms with E-state index < -0.39 is 10.8 Å². The van der Waals surface area contributed by atoms with Crippen molar-refractivity contribution in [2.75, 3.05) is 5.32 Å². The Labute approximate surface area is 146 Å². The summed E-state index contributed by atoms with van der Waals surface area (Å²) in [5.41, 5.74) is 1.07. The first kappa shape index (κ1) is 16.5. The molecule has 124 valence electrons. The van der Waals surface area contributed by atoms with Crippen molar-refractivity contribution in [2.24, 2.45) is 0 Å². The monoisotopic (exact) mass is 352 g/mol. The van der Waals surface area contributed by atoms with Crippen molar-refractivity contribution in [1.82, 2.24) is 10.2 Å². The third-order valence-electron chi connectivity index (χ3n) is 3.20. The summed E-state index contributed by atoms with van der Waals surface area (Å²) in [6.45, 7) is 0. The van der Waals surface area contributed by atoms with E-state index in [1.807, 2.05) is 36.4 Å². The molecule has 1 heterocycles. The second-order valence-corrected chi connectivity index (χ2v) is 5.96. The van der Waals surface area contributed by atoms with Gasteiger partial charge in [-0.3, -0.25) is 20.2 Å². The number of nitro benzene ring substituents is 1. The number of carbonyl (C=O) groups is 1. The van der Waals surface area contributed by atoms with Crippen LogP contribution in [0.3, 0.4) is 0 Å². The third kappa shape index (κ3) is 4.33. The minimum absolute atomic E-state index is 0.142. The van der Waals surface area contributed by atoms with E-state index in [1.54, 1.807) is 6.08 Å². The molecule has 3 rings (SSSR count). The Morgan fingerprint density at radius 1 is 1.08 bits per heavy atom. The lowest BCUT2D eigenvalue weighted by atomic mass is 10.2. The van der Waals surface area contributed by atoms with Crippen LogP contribution in [0.25, 0.3) is 12.2 Å². The number of nitrogens with one attached hydrogen (secondary N) is 1. The van der Waals surface area contributed by atoms with Crippen molar-refractivity contribution >= 4 is 40.2 Å². The van der Waals surface area contributed by atoms with Crippen molar-refractivity contribution in [1.29, 1.82) is 0 Å². The summed E-state index contributed by atoms with van der Waals surface area (Å²) in [4.78, 5) is 22.4. The first-order valence-corrected chi connectivity index (χ1v) is 8.06. The fraction of sp³-hybridized carbons (Fsp3) is 0. The zero-order valence-electron chi connectivity index (χ0n) is 12.8. The summed E-state index contributed by atoms with van der Waals surface area (Å²) < 4.78 is 0. The fourth-order valence-electron chi connectivity index (χ4n) is 2.01. The molecule has 0 aliphatic carbocycles. The first-order valence-electron chi connectivity index (χ1n) is 7.24. The van der Waals surface area contributed by atoms with Gasteiger partial charge in [-0.2, -0.15) is 0 Å². The average Bonchev–Trinajstić information content (AvgIpc) is 3.08. The molecule has 0 bridgehead atoms. The van der Waals surface area contributed by atoms with Crippen molar-refractivity contribution in [3.8, 4) is 0 Å². The zero-order chi connectivity index (χ0) is 17.6. The van der Waals surface area contributed by atoms with Gasteiger partial charge in [0.2, 0.25) is 5.13 Å². The summed E-state index contributed by atoms with van der Waals surface area (Å²) in [5, 5.41) is 22.2. The molecular formula is C17H12N4O3S. The van der Waals surface area contributed by atoms with Crippen LogP contribution in [0.1, 0.15) is 20.9 Å². The van der Waals surface area contributed by atoms with Crippen molar-refractivity contribution < 1.29 is 9.72 Å². The van der Waals surface area contributed by atoms with E-state index in [9.17, 15) is 14.9 Å². The molecule has 2 aromatic carbocycles. The lowest BCUT2D eigenvalue weighted by Gasteiger charge is -2.00. The molecule has 7 nitrogen and oxygen atoms in total. The summed E-state index contributed by atoms with van der Waals surface area (Å²) in [6.07, 6.45) is 3.70. The Balaban J connectivity index is 1.69. The molecule has 1 N–H and O–H groups in total.